The van der Waals surface area contributed by atoms with E-state index >= 15 is 0 Å². The van der Waals surface area contributed by atoms with Gasteiger partial charge in [-0.15, -0.1) is 11.3 Å². The van der Waals surface area contributed by atoms with Crippen LogP contribution in [0.4, 0.5) is 13.2 Å². The number of carbonyl (C=O) groups is 1. The SMILES string of the molecule is Cn1c(=O)/c(=C\c2ccccc2C(F)(F)F)s/c1=C\C(=O)C(C)(C)C. The van der Waals surface area contributed by atoms with Crippen molar-refractivity contribution in [3.63, 3.8) is 0 Å². The first kappa shape index (κ1) is 19.2. The number of nitrogens with zero attached hydrogens (tertiary/aromatic N) is 1. The van der Waals surface area contributed by atoms with Crippen molar-refractivity contribution in [1.29, 1.82) is 0 Å². The van der Waals surface area contributed by atoms with Gasteiger partial charge in [0.05, 0.1) is 10.1 Å². The second-order valence-corrected chi connectivity index (χ2v) is 7.72. The maximum Gasteiger partial charge on any atom is 0.416 e. The van der Waals surface area contributed by atoms with Crippen molar-refractivity contribution in [1.82, 2.24) is 4.57 Å². The van der Waals surface area contributed by atoms with E-state index in [1.807, 2.05) is 0 Å². The van der Waals surface area contributed by atoms with E-state index in [0.717, 1.165) is 17.4 Å². The monoisotopic (exact) mass is 369 g/mol. The van der Waals surface area contributed by atoms with Crippen molar-refractivity contribution in [3.05, 3.63) is 54.9 Å². The molecule has 2 rings (SSSR count). The lowest BCUT2D eigenvalue weighted by Gasteiger charge is -2.12. The number of aromatic nitrogens is 1. The predicted octanol–water partition coefficient (Wildman–Crippen LogP) is 2.69. The van der Waals surface area contributed by atoms with Gasteiger partial charge < -0.3 is 4.57 Å². The van der Waals surface area contributed by atoms with Gasteiger partial charge in [0.1, 0.15) is 4.66 Å². The molecule has 0 spiro atoms. The molecule has 0 aliphatic carbocycles. The standard InChI is InChI=1S/C18H18F3NO2S/c1-17(2,3)14(23)10-15-22(4)16(24)13(25-15)9-11-7-5-6-8-12(11)18(19,20)21/h5-10H,1-4H3/b13-9+,15-10-. The molecule has 1 aromatic heterocycles. The largest absolute Gasteiger partial charge is 0.416 e. The number of carbonyl (C=O) groups excluding carboxylic acids is 1. The maximum absolute atomic E-state index is 13.1. The Labute approximate surface area is 146 Å². The van der Waals surface area contributed by atoms with Gasteiger partial charge >= 0.3 is 6.18 Å². The van der Waals surface area contributed by atoms with Crippen LogP contribution in [0.1, 0.15) is 31.9 Å². The summed E-state index contributed by atoms with van der Waals surface area (Å²) < 4.78 is 41.1. The number of benzene rings is 1. The van der Waals surface area contributed by atoms with Gasteiger partial charge in [0, 0.05) is 18.5 Å². The predicted molar refractivity (Wildman–Crippen MR) is 92.7 cm³/mol. The Morgan fingerprint density at radius 2 is 1.76 bits per heavy atom. The minimum atomic E-state index is -4.51. The summed E-state index contributed by atoms with van der Waals surface area (Å²) in [6.45, 7) is 5.26. The first-order valence-corrected chi connectivity index (χ1v) is 8.33. The first-order chi connectivity index (χ1) is 11.4. The fourth-order valence-electron chi connectivity index (χ4n) is 2.06. The van der Waals surface area contributed by atoms with E-state index in [2.05, 4.69) is 0 Å². The average molecular weight is 369 g/mol. The topological polar surface area (TPSA) is 39.1 Å². The molecule has 25 heavy (non-hydrogen) atoms. The molecule has 1 aromatic carbocycles. The maximum atomic E-state index is 13.1. The Morgan fingerprint density at radius 1 is 1.16 bits per heavy atom. The molecule has 0 unspecified atom stereocenters. The van der Waals surface area contributed by atoms with Gasteiger partial charge in [0.25, 0.3) is 5.56 Å². The van der Waals surface area contributed by atoms with Gasteiger partial charge in [0.2, 0.25) is 0 Å². The molecule has 0 saturated heterocycles. The third-order valence-corrected chi connectivity index (χ3v) is 4.72. The highest BCUT2D eigenvalue weighted by Gasteiger charge is 2.32. The van der Waals surface area contributed by atoms with Crippen LogP contribution in [-0.2, 0) is 18.0 Å². The van der Waals surface area contributed by atoms with Crippen LogP contribution in [-0.4, -0.2) is 10.4 Å². The third kappa shape index (κ3) is 4.28. The lowest BCUT2D eigenvalue weighted by molar-refractivity contribution is -0.137. The van der Waals surface area contributed by atoms with Crippen LogP contribution in [0.3, 0.4) is 0 Å². The number of ketones is 1. The molecule has 134 valence electrons. The molecule has 0 atom stereocenters. The van der Waals surface area contributed by atoms with Crippen LogP contribution in [0.25, 0.3) is 12.2 Å². The van der Waals surface area contributed by atoms with E-state index in [-0.39, 0.29) is 15.9 Å². The molecule has 0 aliphatic rings. The molecule has 2 aromatic rings. The van der Waals surface area contributed by atoms with Gasteiger partial charge in [-0.25, -0.2) is 0 Å². The van der Waals surface area contributed by atoms with Crippen LogP contribution in [0, 0.1) is 5.41 Å². The summed E-state index contributed by atoms with van der Waals surface area (Å²) in [5.74, 6) is -0.161. The Balaban J connectivity index is 2.67. The average Bonchev–Trinajstić information content (AvgIpc) is 2.74. The van der Waals surface area contributed by atoms with Crippen molar-refractivity contribution in [2.24, 2.45) is 12.5 Å². The summed E-state index contributed by atoms with van der Waals surface area (Å²) in [4.78, 5) is 24.4. The van der Waals surface area contributed by atoms with Gasteiger partial charge in [0.15, 0.2) is 5.78 Å². The molecule has 7 heteroatoms. The van der Waals surface area contributed by atoms with Crippen molar-refractivity contribution in [2.75, 3.05) is 0 Å². The van der Waals surface area contributed by atoms with E-state index < -0.39 is 22.7 Å². The Kier molecular flexibility index (Phi) is 5.09. The fourth-order valence-corrected chi connectivity index (χ4v) is 3.08. The van der Waals surface area contributed by atoms with Crippen molar-refractivity contribution in [3.8, 4) is 0 Å². The third-order valence-electron chi connectivity index (χ3n) is 3.61. The molecular formula is C18H18F3NO2S. The minimum absolute atomic E-state index is 0.0809. The molecule has 0 saturated carbocycles. The van der Waals surface area contributed by atoms with E-state index in [9.17, 15) is 22.8 Å². The number of hydrogen-bond acceptors (Lipinski definition) is 3. The summed E-state index contributed by atoms with van der Waals surface area (Å²) in [6, 6.07) is 5.06. The second kappa shape index (κ2) is 6.63. The molecule has 3 nitrogen and oxygen atoms in total. The van der Waals surface area contributed by atoms with E-state index in [1.165, 1.54) is 42.0 Å². The molecule has 0 radical (unpaired) electrons. The number of halogens is 3. The minimum Gasteiger partial charge on any atom is -0.302 e. The highest BCUT2D eigenvalue weighted by Crippen LogP contribution is 2.32. The zero-order valence-corrected chi connectivity index (χ0v) is 15.1. The van der Waals surface area contributed by atoms with Gasteiger partial charge in [-0.05, 0) is 17.7 Å². The number of Topliss-reactive ketones (excluding diaryl/α,β-unsaturated/α-hetero) is 1. The second-order valence-electron chi connectivity index (χ2n) is 6.66. The summed E-state index contributed by atoms with van der Waals surface area (Å²) in [6.07, 6.45) is -1.93. The van der Waals surface area contributed by atoms with Crippen molar-refractivity contribution >= 4 is 29.3 Å². The molecule has 0 amide bonds. The summed E-state index contributed by atoms with van der Waals surface area (Å²) in [5.41, 5.74) is -1.92. The Bertz CT molecular complexity index is 975. The highest BCUT2D eigenvalue weighted by atomic mass is 32.1. The normalized spacial score (nSPS) is 14.2. The number of hydrogen-bond donors (Lipinski definition) is 0. The van der Waals surface area contributed by atoms with Crippen LogP contribution >= 0.6 is 11.3 Å². The number of rotatable bonds is 2. The molecule has 0 bridgehead atoms. The van der Waals surface area contributed by atoms with E-state index in [0.29, 0.717) is 4.66 Å². The summed E-state index contributed by atoms with van der Waals surface area (Å²) in [5, 5.41) is 0. The van der Waals surface area contributed by atoms with Gasteiger partial charge in [-0.3, -0.25) is 9.59 Å². The summed E-state index contributed by atoms with van der Waals surface area (Å²) in [7, 11) is 1.49. The van der Waals surface area contributed by atoms with Crippen molar-refractivity contribution < 1.29 is 18.0 Å². The molecule has 0 aliphatic heterocycles. The highest BCUT2D eigenvalue weighted by molar-refractivity contribution is 7.07. The quantitative estimate of drug-likeness (QED) is 0.817. The summed E-state index contributed by atoms with van der Waals surface area (Å²) >= 11 is 0.996. The lowest BCUT2D eigenvalue weighted by atomic mass is 9.91. The van der Waals surface area contributed by atoms with Crippen LogP contribution in [0.15, 0.2) is 29.1 Å². The number of thiazole rings is 1. The van der Waals surface area contributed by atoms with Crippen molar-refractivity contribution in [2.45, 2.75) is 26.9 Å². The number of alkyl halides is 3. The lowest BCUT2D eigenvalue weighted by Crippen LogP contribution is -2.30. The first-order valence-electron chi connectivity index (χ1n) is 7.51. The molecular weight excluding hydrogens is 351 g/mol. The molecule has 1 heterocycles. The Hall–Kier alpha value is -2.15. The van der Waals surface area contributed by atoms with Crippen LogP contribution in [0.2, 0.25) is 0 Å². The zero-order chi connectivity index (χ0) is 19.0. The van der Waals surface area contributed by atoms with Gasteiger partial charge in [-0.1, -0.05) is 39.0 Å². The smallest absolute Gasteiger partial charge is 0.302 e. The van der Waals surface area contributed by atoms with Gasteiger partial charge in [-0.2, -0.15) is 13.2 Å². The van der Waals surface area contributed by atoms with E-state index in [4.69, 9.17) is 0 Å². The van der Waals surface area contributed by atoms with E-state index in [1.54, 1.807) is 20.8 Å². The zero-order valence-electron chi connectivity index (χ0n) is 14.3. The van der Waals surface area contributed by atoms with Crippen LogP contribution in [0.5, 0.6) is 0 Å². The van der Waals surface area contributed by atoms with Crippen LogP contribution < -0.4 is 14.8 Å². The fraction of sp³-hybridized carbons (Fsp3) is 0.333. The molecule has 0 N–H and O–H groups in total. The molecule has 0 fully saturated rings. The Morgan fingerprint density at radius 3 is 2.32 bits per heavy atom.